The molecular formula is C15H19FN8O2S. The summed E-state index contributed by atoms with van der Waals surface area (Å²) in [6.45, 7) is 2.96. The third-order valence-corrected chi connectivity index (χ3v) is 4.39. The van der Waals surface area contributed by atoms with Crippen LogP contribution in [0.1, 0.15) is 16.9 Å². The summed E-state index contributed by atoms with van der Waals surface area (Å²) in [6, 6.07) is 3.02. The Morgan fingerprint density at radius 3 is 2.74 bits per heavy atom. The van der Waals surface area contributed by atoms with Crippen molar-refractivity contribution in [1.29, 1.82) is 0 Å². The molecule has 1 fully saturated rings. The van der Waals surface area contributed by atoms with E-state index in [4.69, 9.17) is 5.73 Å². The number of nitrogens with one attached hydrogen (secondary N) is 3. The Hall–Kier alpha value is -2.86. The number of nitrogens with zero attached hydrogens (tertiary/aromatic N) is 4. The van der Waals surface area contributed by atoms with E-state index in [-0.39, 0.29) is 35.6 Å². The Labute approximate surface area is 158 Å². The van der Waals surface area contributed by atoms with Crippen molar-refractivity contribution in [2.75, 3.05) is 48.7 Å². The van der Waals surface area contributed by atoms with Crippen LogP contribution < -0.4 is 26.6 Å². The minimum absolute atomic E-state index is 0.00615. The van der Waals surface area contributed by atoms with Crippen LogP contribution in [0, 0.1) is 5.95 Å². The van der Waals surface area contributed by atoms with E-state index < -0.39 is 11.9 Å². The number of carbonyl (C=O) groups excluding carboxylic acids is 2. The summed E-state index contributed by atoms with van der Waals surface area (Å²) in [7, 11) is 0. The molecule has 5 N–H and O–H groups in total. The normalized spacial score (nSPS) is 14.0. The number of carbonyl (C=O) groups is 2. The second-order valence-corrected chi connectivity index (χ2v) is 6.54. The van der Waals surface area contributed by atoms with Crippen LogP contribution in [0.4, 0.5) is 21.2 Å². The fourth-order valence-electron chi connectivity index (χ4n) is 2.55. The van der Waals surface area contributed by atoms with Crippen LogP contribution in [0.15, 0.2) is 12.1 Å². The monoisotopic (exact) mass is 394 g/mol. The SMILES string of the molecule is Nc1nc(NC(=O)CCNC(=O)c2ccc(N3CCNCC3)c(F)n2)ns1. The van der Waals surface area contributed by atoms with E-state index in [2.05, 4.69) is 30.3 Å². The lowest BCUT2D eigenvalue weighted by molar-refractivity contribution is -0.116. The molecule has 0 saturated carbocycles. The number of halogens is 1. The first-order valence-corrected chi connectivity index (χ1v) is 9.09. The average molecular weight is 394 g/mol. The minimum Gasteiger partial charge on any atom is -0.374 e. The molecule has 12 heteroatoms. The first-order chi connectivity index (χ1) is 13.0. The summed E-state index contributed by atoms with van der Waals surface area (Å²) in [6.07, 6.45) is 0.00615. The van der Waals surface area contributed by atoms with E-state index in [0.717, 1.165) is 24.6 Å². The van der Waals surface area contributed by atoms with Crippen molar-refractivity contribution >= 4 is 40.1 Å². The van der Waals surface area contributed by atoms with Gasteiger partial charge in [-0.3, -0.25) is 14.9 Å². The highest BCUT2D eigenvalue weighted by molar-refractivity contribution is 7.09. The number of hydrogen-bond acceptors (Lipinski definition) is 9. The summed E-state index contributed by atoms with van der Waals surface area (Å²) in [4.78, 5) is 33.3. The van der Waals surface area contributed by atoms with Crippen molar-refractivity contribution in [1.82, 2.24) is 25.0 Å². The van der Waals surface area contributed by atoms with Gasteiger partial charge in [-0.05, 0) is 12.1 Å². The van der Waals surface area contributed by atoms with Gasteiger partial charge in [0.05, 0.1) is 5.69 Å². The summed E-state index contributed by atoms with van der Waals surface area (Å²) >= 11 is 0.967. The second-order valence-electron chi connectivity index (χ2n) is 5.75. The largest absolute Gasteiger partial charge is 0.374 e. The van der Waals surface area contributed by atoms with Gasteiger partial charge in [-0.2, -0.15) is 13.7 Å². The molecule has 0 aliphatic carbocycles. The lowest BCUT2D eigenvalue weighted by Crippen LogP contribution is -2.44. The van der Waals surface area contributed by atoms with Crippen molar-refractivity contribution < 1.29 is 14.0 Å². The predicted molar refractivity (Wildman–Crippen MR) is 99.2 cm³/mol. The average Bonchev–Trinajstić information content (AvgIpc) is 3.06. The Kier molecular flexibility index (Phi) is 6.08. The van der Waals surface area contributed by atoms with Gasteiger partial charge in [0.2, 0.25) is 22.9 Å². The van der Waals surface area contributed by atoms with Gasteiger partial charge in [0.1, 0.15) is 5.69 Å². The maximum atomic E-state index is 14.2. The Morgan fingerprint density at radius 2 is 2.07 bits per heavy atom. The number of pyridine rings is 1. The molecule has 2 aromatic rings. The number of nitrogens with two attached hydrogens (primary N) is 1. The summed E-state index contributed by atoms with van der Waals surface area (Å²) in [5.74, 6) is -1.48. The molecular weight excluding hydrogens is 375 g/mol. The van der Waals surface area contributed by atoms with Crippen LogP contribution in [-0.4, -0.2) is 58.9 Å². The van der Waals surface area contributed by atoms with Gasteiger partial charge in [0.25, 0.3) is 5.91 Å². The van der Waals surface area contributed by atoms with Gasteiger partial charge in [0, 0.05) is 50.7 Å². The van der Waals surface area contributed by atoms with Crippen LogP contribution in [0.5, 0.6) is 0 Å². The predicted octanol–water partition coefficient (Wildman–Crippen LogP) is -0.177. The third kappa shape index (κ3) is 5.08. The molecule has 2 aromatic heterocycles. The second kappa shape index (κ2) is 8.68. The molecule has 0 atom stereocenters. The van der Waals surface area contributed by atoms with E-state index in [0.29, 0.717) is 18.8 Å². The molecule has 3 rings (SSSR count). The smallest absolute Gasteiger partial charge is 0.270 e. The topological polar surface area (TPSA) is 138 Å². The molecule has 2 amide bonds. The molecule has 10 nitrogen and oxygen atoms in total. The summed E-state index contributed by atoms with van der Waals surface area (Å²) in [5, 5.41) is 8.43. The lowest BCUT2D eigenvalue weighted by atomic mass is 10.2. The quantitative estimate of drug-likeness (QED) is 0.495. The number of aromatic nitrogens is 3. The highest BCUT2D eigenvalue weighted by Gasteiger charge is 2.18. The summed E-state index contributed by atoms with van der Waals surface area (Å²) < 4.78 is 18.1. The fraction of sp³-hybridized carbons (Fsp3) is 0.400. The number of rotatable bonds is 6. The number of anilines is 3. The number of amides is 2. The van der Waals surface area contributed by atoms with Crippen LogP contribution in [0.3, 0.4) is 0 Å². The van der Waals surface area contributed by atoms with Crippen molar-refractivity contribution in [3.05, 3.63) is 23.8 Å². The van der Waals surface area contributed by atoms with Crippen molar-refractivity contribution in [3.63, 3.8) is 0 Å². The molecule has 27 heavy (non-hydrogen) atoms. The van der Waals surface area contributed by atoms with Gasteiger partial charge >= 0.3 is 0 Å². The standard InChI is InChI=1S/C15H19FN8O2S/c16-12-10(24-7-5-18-6-8-24)2-1-9(20-12)13(26)19-4-3-11(25)21-15-22-14(17)27-23-15/h1-2,18H,3-8H2,(H,19,26)(H3,17,21,22,23,25). The van der Waals surface area contributed by atoms with Crippen molar-refractivity contribution in [2.45, 2.75) is 6.42 Å². The molecule has 1 aliphatic heterocycles. The Morgan fingerprint density at radius 1 is 1.30 bits per heavy atom. The zero-order chi connectivity index (χ0) is 19.2. The third-order valence-electron chi connectivity index (χ3n) is 3.85. The molecule has 0 aromatic carbocycles. The van der Waals surface area contributed by atoms with Gasteiger partial charge in [0.15, 0.2) is 0 Å². The first-order valence-electron chi connectivity index (χ1n) is 8.32. The van der Waals surface area contributed by atoms with Gasteiger partial charge in [-0.1, -0.05) is 0 Å². The highest BCUT2D eigenvalue weighted by atomic mass is 32.1. The molecule has 144 valence electrons. The molecule has 0 unspecified atom stereocenters. The van der Waals surface area contributed by atoms with E-state index >= 15 is 0 Å². The minimum atomic E-state index is -0.686. The fourth-order valence-corrected chi connectivity index (χ4v) is 2.94. The zero-order valence-corrected chi connectivity index (χ0v) is 15.2. The first kappa shape index (κ1) is 18.9. The van der Waals surface area contributed by atoms with E-state index in [1.165, 1.54) is 6.07 Å². The van der Waals surface area contributed by atoms with Crippen LogP contribution in [-0.2, 0) is 4.79 Å². The lowest BCUT2D eigenvalue weighted by Gasteiger charge is -2.29. The van der Waals surface area contributed by atoms with Crippen LogP contribution in [0.2, 0.25) is 0 Å². The van der Waals surface area contributed by atoms with Crippen LogP contribution >= 0.6 is 11.5 Å². The molecule has 0 spiro atoms. The molecule has 1 aliphatic rings. The van der Waals surface area contributed by atoms with Crippen molar-refractivity contribution in [2.24, 2.45) is 0 Å². The number of piperazine rings is 1. The maximum absolute atomic E-state index is 14.2. The van der Waals surface area contributed by atoms with Gasteiger partial charge in [-0.25, -0.2) is 4.98 Å². The van der Waals surface area contributed by atoms with E-state index in [9.17, 15) is 14.0 Å². The van der Waals surface area contributed by atoms with Crippen molar-refractivity contribution in [3.8, 4) is 0 Å². The summed E-state index contributed by atoms with van der Waals surface area (Å²) in [5.41, 5.74) is 5.76. The zero-order valence-electron chi connectivity index (χ0n) is 14.4. The molecule has 1 saturated heterocycles. The van der Waals surface area contributed by atoms with Crippen LogP contribution in [0.25, 0.3) is 0 Å². The number of nitrogen functional groups attached to an aromatic ring is 1. The molecule has 3 heterocycles. The maximum Gasteiger partial charge on any atom is 0.270 e. The Bertz CT molecular complexity index is 824. The van der Waals surface area contributed by atoms with E-state index in [1.54, 1.807) is 6.07 Å². The molecule has 0 bridgehead atoms. The number of hydrogen-bond donors (Lipinski definition) is 4. The molecule has 0 radical (unpaired) electrons. The van der Waals surface area contributed by atoms with Gasteiger partial charge in [-0.15, -0.1) is 0 Å². The highest BCUT2D eigenvalue weighted by Crippen LogP contribution is 2.18. The van der Waals surface area contributed by atoms with E-state index in [1.807, 2.05) is 4.90 Å². The van der Waals surface area contributed by atoms with Gasteiger partial charge < -0.3 is 21.3 Å². The Balaban J connectivity index is 1.49.